The van der Waals surface area contributed by atoms with Crippen molar-refractivity contribution >= 4 is 21.6 Å². The van der Waals surface area contributed by atoms with Crippen molar-refractivity contribution in [3.63, 3.8) is 0 Å². The molecule has 3 rings (SSSR count). The second-order valence-electron chi connectivity index (χ2n) is 9.60. The molecule has 0 spiro atoms. The number of nitrogens with zero attached hydrogens (tertiary/aromatic N) is 2. The number of amides is 1. The molecule has 2 aromatic carbocycles. The van der Waals surface area contributed by atoms with Crippen molar-refractivity contribution in [1.82, 2.24) is 9.80 Å². The molecule has 0 saturated heterocycles. The molecule has 37 heavy (non-hydrogen) atoms. The molecule has 2 aromatic rings. The molecule has 12 heteroatoms. The predicted molar refractivity (Wildman–Crippen MR) is 134 cm³/mol. The van der Waals surface area contributed by atoms with Crippen molar-refractivity contribution in [3.8, 4) is 5.75 Å². The van der Waals surface area contributed by atoms with Crippen molar-refractivity contribution in [2.75, 3.05) is 37.7 Å². The third kappa shape index (κ3) is 7.59. The van der Waals surface area contributed by atoms with Gasteiger partial charge >= 0.3 is 6.18 Å². The first-order valence-electron chi connectivity index (χ1n) is 11.7. The molecule has 0 saturated carbocycles. The van der Waals surface area contributed by atoms with E-state index in [-0.39, 0.29) is 36.1 Å². The fourth-order valence-corrected chi connectivity index (χ4v) is 4.76. The normalized spacial score (nSPS) is 19.6. The number of rotatable bonds is 8. The number of aliphatic hydroxyl groups is 1. The number of fused-ring (bicyclic) bond motifs is 1. The Labute approximate surface area is 215 Å². The van der Waals surface area contributed by atoms with Gasteiger partial charge in [0.05, 0.1) is 30.0 Å². The minimum atomic E-state index is -4.40. The van der Waals surface area contributed by atoms with E-state index in [2.05, 4.69) is 4.72 Å². The number of aliphatic hydroxyl groups excluding tert-OH is 1. The Kier molecular flexibility index (Phi) is 8.76. The summed E-state index contributed by atoms with van der Waals surface area (Å²) in [4.78, 5) is 16.9. The molecule has 0 radical (unpaired) electrons. The lowest BCUT2D eigenvalue weighted by molar-refractivity contribution is -0.137. The summed E-state index contributed by atoms with van der Waals surface area (Å²) in [7, 11) is -1.75. The van der Waals surface area contributed by atoms with Gasteiger partial charge in [-0.1, -0.05) is 19.1 Å². The summed E-state index contributed by atoms with van der Waals surface area (Å²) in [6, 6.07) is 8.94. The van der Waals surface area contributed by atoms with Gasteiger partial charge < -0.3 is 14.7 Å². The molecule has 0 bridgehead atoms. The van der Waals surface area contributed by atoms with E-state index in [9.17, 15) is 31.5 Å². The van der Waals surface area contributed by atoms with Gasteiger partial charge in [-0.25, -0.2) is 8.42 Å². The maximum absolute atomic E-state index is 13.4. The summed E-state index contributed by atoms with van der Waals surface area (Å²) >= 11 is 0. The molecule has 3 atom stereocenters. The minimum absolute atomic E-state index is 0.157. The third-order valence-electron chi connectivity index (χ3n) is 6.19. The van der Waals surface area contributed by atoms with Crippen LogP contribution in [0.2, 0.25) is 0 Å². The van der Waals surface area contributed by atoms with Crippen LogP contribution >= 0.6 is 0 Å². The van der Waals surface area contributed by atoms with Crippen LogP contribution in [0.25, 0.3) is 0 Å². The number of alkyl halides is 3. The Morgan fingerprint density at radius 1 is 1.22 bits per heavy atom. The van der Waals surface area contributed by atoms with Crippen molar-refractivity contribution in [2.45, 2.75) is 38.7 Å². The zero-order valence-corrected chi connectivity index (χ0v) is 21.9. The monoisotopic (exact) mass is 543 g/mol. The highest BCUT2D eigenvalue weighted by atomic mass is 32.2. The number of hydrogen-bond donors (Lipinski definition) is 2. The highest BCUT2D eigenvalue weighted by Gasteiger charge is 2.34. The lowest BCUT2D eigenvalue weighted by Gasteiger charge is -2.38. The van der Waals surface area contributed by atoms with Gasteiger partial charge in [-0.05, 0) is 49.9 Å². The molecule has 2 N–H and O–H groups in total. The number of hydrogen-bond acceptors (Lipinski definition) is 6. The second-order valence-corrected chi connectivity index (χ2v) is 11.3. The van der Waals surface area contributed by atoms with Crippen LogP contribution in [0.4, 0.5) is 18.9 Å². The van der Waals surface area contributed by atoms with Crippen LogP contribution in [0.3, 0.4) is 0 Å². The summed E-state index contributed by atoms with van der Waals surface area (Å²) in [6.07, 6.45) is -3.80. The Balaban J connectivity index is 1.86. The summed E-state index contributed by atoms with van der Waals surface area (Å²) in [5, 5.41) is 9.76. The zero-order chi connectivity index (χ0) is 27.5. The van der Waals surface area contributed by atoms with E-state index in [0.29, 0.717) is 18.7 Å². The minimum Gasteiger partial charge on any atom is -0.488 e. The first-order chi connectivity index (χ1) is 17.2. The first-order valence-corrected chi connectivity index (χ1v) is 13.6. The van der Waals surface area contributed by atoms with Crippen LogP contribution < -0.4 is 9.46 Å². The summed E-state index contributed by atoms with van der Waals surface area (Å²) in [5.41, 5.74) is 0.368. The zero-order valence-electron chi connectivity index (χ0n) is 21.1. The first kappa shape index (κ1) is 28.7. The number of benzene rings is 2. The smallest absolute Gasteiger partial charge is 0.416 e. The molecular formula is C25H32F3N3O5S. The maximum atomic E-state index is 13.4. The number of anilines is 1. The van der Waals surface area contributed by atoms with Gasteiger partial charge in [-0.2, -0.15) is 13.2 Å². The van der Waals surface area contributed by atoms with Crippen LogP contribution in [0, 0.1) is 5.92 Å². The lowest BCUT2D eigenvalue weighted by Crippen LogP contribution is -2.49. The van der Waals surface area contributed by atoms with E-state index in [1.165, 1.54) is 30.3 Å². The van der Waals surface area contributed by atoms with Crippen molar-refractivity contribution in [3.05, 3.63) is 59.2 Å². The molecule has 0 aliphatic carbocycles. The van der Waals surface area contributed by atoms with E-state index in [1.807, 2.05) is 18.9 Å². The SMILES string of the molecule is C[C@H]1CN([C@@H](C)CO)C(=O)c2cc(NS(C)(=O)=O)ccc2O[C@H]1CN(C)Cc1ccc(C(F)(F)F)cc1. The molecule has 0 unspecified atom stereocenters. The number of halogens is 3. The molecule has 1 amide bonds. The number of carbonyl (C=O) groups excluding carboxylic acids is 1. The second kappa shape index (κ2) is 11.3. The van der Waals surface area contributed by atoms with Crippen molar-refractivity contribution in [2.24, 2.45) is 5.92 Å². The Hall–Kier alpha value is -2.83. The molecule has 1 heterocycles. The number of likely N-dealkylation sites (N-methyl/N-ethyl adjacent to an activating group) is 1. The Bertz CT molecular complexity index is 1210. The van der Waals surface area contributed by atoms with E-state index in [0.717, 1.165) is 18.4 Å². The third-order valence-corrected chi connectivity index (χ3v) is 6.80. The van der Waals surface area contributed by atoms with E-state index >= 15 is 0 Å². The summed E-state index contributed by atoms with van der Waals surface area (Å²) in [5.74, 6) is -0.272. The van der Waals surface area contributed by atoms with Gasteiger partial charge in [0.25, 0.3) is 5.91 Å². The van der Waals surface area contributed by atoms with Crippen LogP contribution in [0.15, 0.2) is 42.5 Å². The molecule has 1 aliphatic heterocycles. The largest absolute Gasteiger partial charge is 0.488 e. The number of sulfonamides is 1. The molecule has 8 nitrogen and oxygen atoms in total. The fraction of sp³-hybridized carbons (Fsp3) is 0.480. The van der Waals surface area contributed by atoms with E-state index < -0.39 is 39.8 Å². The number of ether oxygens (including phenoxy) is 1. The van der Waals surface area contributed by atoms with E-state index in [1.54, 1.807) is 11.8 Å². The maximum Gasteiger partial charge on any atom is 0.416 e. The van der Waals surface area contributed by atoms with E-state index in [4.69, 9.17) is 4.74 Å². The van der Waals surface area contributed by atoms with Gasteiger partial charge in [-0.3, -0.25) is 14.4 Å². The van der Waals surface area contributed by atoms with Crippen LogP contribution in [-0.2, 0) is 22.7 Å². The lowest BCUT2D eigenvalue weighted by atomic mass is 9.99. The van der Waals surface area contributed by atoms with Crippen molar-refractivity contribution in [1.29, 1.82) is 0 Å². The van der Waals surface area contributed by atoms with Crippen molar-refractivity contribution < 1.29 is 36.2 Å². The Morgan fingerprint density at radius 2 is 1.86 bits per heavy atom. The van der Waals surface area contributed by atoms with Gasteiger partial charge in [0.15, 0.2) is 0 Å². The number of nitrogens with one attached hydrogen (secondary N) is 1. The average molecular weight is 544 g/mol. The molecular weight excluding hydrogens is 511 g/mol. The fourth-order valence-electron chi connectivity index (χ4n) is 4.20. The average Bonchev–Trinajstić information content (AvgIpc) is 2.80. The quantitative estimate of drug-likeness (QED) is 0.530. The van der Waals surface area contributed by atoms with Gasteiger partial charge in [0.1, 0.15) is 11.9 Å². The Morgan fingerprint density at radius 3 is 2.43 bits per heavy atom. The molecule has 0 fully saturated rings. The molecule has 0 aromatic heterocycles. The number of carbonyl (C=O) groups is 1. The van der Waals surface area contributed by atoms with Gasteiger partial charge in [-0.15, -0.1) is 0 Å². The highest BCUT2D eigenvalue weighted by molar-refractivity contribution is 7.92. The molecule has 1 aliphatic rings. The van der Waals surface area contributed by atoms with Gasteiger partial charge in [0.2, 0.25) is 10.0 Å². The van der Waals surface area contributed by atoms with Crippen LogP contribution in [0.1, 0.15) is 35.3 Å². The topological polar surface area (TPSA) is 99.2 Å². The van der Waals surface area contributed by atoms with Crippen LogP contribution in [0.5, 0.6) is 5.75 Å². The van der Waals surface area contributed by atoms with Crippen LogP contribution in [-0.4, -0.2) is 74.4 Å². The highest BCUT2D eigenvalue weighted by Crippen LogP contribution is 2.32. The standard InChI is InChI=1S/C25H32F3N3O5S/c1-16-12-31(17(2)15-32)24(33)21-11-20(29-37(4,34)35)9-10-22(21)36-23(16)14-30(3)13-18-5-7-19(8-6-18)25(26,27)28/h5-11,16-17,23,29,32H,12-15H2,1-4H3/t16-,17-,23-/m0/s1. The molecule has 204 valence electrons. The van der Waals surface area contributed by atoms with Gasteiger partial charge in [0, 0.05) is 31.2 Å². The summed E-state index contributed by atoms with van der Waals surface area (Å²) < 4.78 is 70.6. The summed E-state index contributed by atoms with van der Waals surface area (Å²) in [6.45, 7) is 4.45. The predicted octanol–water partition coefficient (Wildman–Crippen LogP) is 3.43.